The number of aliphatic carboxylic acids is 1. The van der Waals surface area contributed by atoms with E-state index in [1.807, 2.05) is 37.3 Å². The van der Waals surface area contributed by atoms with Crippen LogP contribution in [-0.2, 0) is 9.59 Å². The normalized spacial score (nSPS) is 10.1. The van der Waals surface area contributed by atoms with Crippen LogP contribution in [0.5, 0.6) is 0 Å². The van der Waals surface area contributed by atoms with Crippen LogP contribution in [0.4, 0.5) is 5.69 Å². The third-order valence-corrected chi connectivity index (χ3v) is 2.48. The monoisotopic (exact) mass is 250 g/mol. The molecule has 98 valence electrons. The minimum absolute atomic E-state index is 0.0186. The van der Waals surface area contributed by atoms with Gasteiger partial charge in [-0.2, -0.15) is 0 Å². The fourth-order valence-corrected chi connectivity index (χ4v) is 1.60. The largest absolute Gasteiger partial charge is 0.481 e. The minimum atomic E-state index is -0.870. The average molecular weight is 250 g/mol. The molecule has 1 amide bonds. The maximum Gasteiger partial charge on any atom is 0.304 e. The predicted molar refractivity (Wildman–Crippen MR) is 69.6 cm³/mol. The van der Waals surface area contributed by atoms with E-state index in [9.17, 15) is 9.59 Å². The molecule has 2 N–H and O–H groups in total. The number of anilines is 1. The van der Waals surface area contributed by atoms with Crippen LogP contribution in [-0.4, -0.2) is 36.6 Å². The number of nitrogens with zero attached hydrogens (tertiary/aromatic N) is 1. The Balaban J connectivity index is 2.46. The second kappa shape index (κ2) is 7.45. The van der Waals surface area contributed by atoms with E-state index >= 15 is 0 Å². The zero-order chi connectivity index (χ0) is 13.4. The maximum absolute atomic E-state index is 11.9. The Morgan fingerprint density at radius 3 is 2.50 bits per heavy atom. The van der Waals surface area contributed by atoms with Gasteiger partial charge in [0.25, 0.3) is 0 Å². The standard InChI is InChI=1S/C13H18N2O3/c1-2-15(11-6-4-3-5-7-11)12(16)10-14-9-8-13(17)18/h3-7,14H,2,8-10H2,1H3,(H,17,18). The molecule has 5 nitrogen and oxygen atoms in total. The molecule has 0 spiro atoms. The highest BCUT2D eigenvalue weighted by molar-refractivity contribution is 5.94. The SMILES string of the molecule is CCN(C(=O)CNCCC(=O)O)c1ccccc1. The van der Waals surface area contributed by atoms with Crippen molar-refractivity contribution in [1.29, 1.82) is 0 Å². The van der Waals surface area contributed by atoms with E-state index in [1.54, 1.807) is 4.90 Å². The summed E-state index contributed by atoms with van der Waals surface area (Å²) in [5, 5.41) is 11.3. The molecule has 0 saturated heterocycles. The molecule has 1 aromatic carbocycles. The summed E-state index contributed by atoms with van der Waals surface area (Å²) in [4.78, 5) is 23.9. The van der Waals surface area contributed by atoms with Gasteiger partial charge in [0.05, 0.1) is 13.0 Å². The Bertz CT molecular complexity index is 392. The molecule has 1 aromatic rings. The van der Waals surface area contributed by atoms with E-state index in [0.717, 1.165) is 5.69 Å². The molecule has 0 aromatic heterocycles. The lowest BCUT2D eigenvalue weighted by atomic mass is 10.3. The number of nitrogens with one attached hydrogen (secondary N) is 1. The maximum atomic E-state index is 11.9. The molecule has 0 aliphatic heterocycles. The van der Waals surface area contributed by atoms with Crippen molar-refractivity contribution in [2.24, 2.45) is 0 Å². The van der Waals surface area contributed by atoms with E-state index in [2.05, 4.69) is 5.32 Å². The Hall–Kier alpha value is -1.88. The number of amides is 1. The summed E-state index contributed by atoms with van der Waals surface area (Å²) in [7, 11) is 0. The van der Waals surface area contributed by atoms with Gasteiger partial charge in [-0.15, -0.1) is 0 Å². The molecular formula is C13H18N2O3. The number of benzene rings is 1. The van der Waals surface area contributed by atoms with Crippen LogP contribution in [0.1, 0.15) is 13.3 Å². The van der Waals surface area contributed by atoms with Crippen LogP contribution in [0.2, 0.25) is 0 Å². The third-order valence-electron chi connectivity index (χ3n) is 2.48. The van der Waals surface area contributed by atoms with Gasteiger partial charge in [-0.3, -0.25) is 9.59 Å². The minimum Gasteiger partial charge on any atom is -0.481 e. The first-order valence-electron chi connectivity index (χ1n) is 5.93. The molecule has 18 heavy (non-hydrogen) atoms. The molecule has 0 fully saturated rings. The molecule has 0 atom stereocenters. The van der Waals surface area contributed by atoms with Crippen LogP contribution in [0, 0.1) is 0 Å². The Labute approximate surface area is 106 Å². The van der Waals surface area contributed by atoms with Gasteiger partial charge in [0.2, 0.25) is 5.91 Å². The fourth-order valence-electron chi connectivity index (χ4n) is 1.60. The summed E-state index contributed by atoms with van der Waals surface area (Å²) in [6.07, 6.45) is 0.0186. The second-order valence-electron chi connectivity index (χ2n) is 3.79. The Morgan fingerprint density at radius 1 is 1.28 bits per heavy atom. The first-order chi connectivity index (χ1) is 8.65. The zero-order valence-electron chi connectivity index (χ0n) is 10.4. The lowest BCUT2D eigenvalue weighted by Crippen LogP contribution is -2.38. The number of carboxylic acids is 1. The van der Waals surface area contributed by atoms with Crippen molar-refractivity contribution in [2.75, 3.05) is 24.5 Å². The quantitative estimate of drug-likeness (QED) is 0.711. The van der Waals surface area contributed by atoms with Gasteiger partial charge in [-0.25, -0.2) is 0 Å². The number of hydrogen-bond acceptors (Lipinski definition) is 3. The van der Waals surface area contributed by atoms with Crippen molar-refractivity contribution < 1.29 is 14.7 Å². The molecule has 0 radical (unpaired) electrons. The number of carboxylic acid groups (broad SMARTS) is 1. The summed E-state index contributed by atoms with van der Waals surface area (Å²) in [5.41, 5.74) is 0.852. The van der Waals surface area contributed by atoms with Crippen molar-refractivity contribution in [1.82, 2.24) is 5.32 Å². The summed E-state index contributed by atoms with van der Waals surface area (Å²) < 4.78 is 0. The fraction of sp³-hybridized carbons (Fsp3) is 0.385. The van der Waals surface area contributed by atoms with E-state index in [1.165, 1.54) is 0 Å². The van der Waals surface area contributed by atoms with E-state index in [4.69, 9.17) is 5.11 Å². The van der Waals surface area contributed by atoms with Gasteiger partial charge in [0.1, 0.15) is 0 Å². The van der Waals surface area contributed by atoms with Gasteiger partial charge >= 0.3 is 5.97 Å². The van der Waals surface area contributed by atoms with E-state index < -0.39 is 5.97 Å². The van der Waals surface area contributed by atoms with Gasteiger partial charge < -0.3 is 15.3 Å². The molecule has 0 bridgehead atoms. The predicted octanol–water partition coefficient (Wildman–Crippen LogP) is 1.10. The van der Waals surface area contributed by atoms with Crippen molar-refractivity contribution in [3.8, 4) is 0 Å². The number of hydrogen-bond donors (Lipinski definition) is 2. The van der Waals surface area contributed by atoms with Gasteiger partial charge in [0.15, 0.2) is 0 Å². The molecule has 0 aliphatic rings. The summed E-state index contributed by atoms with van der Waals surface area (Å²) >= 11 is 0. The molecular weight excluding hydrogens is 232 g/mol. The number of rotatable bonds is 7. The lowest BCUT2D eigenvalue weighted by molar-refractivity contribution is -0.137. The van der Waals surface area contributed by atoms with Crippen LogP contribution in [0.25, 0.3) is 0 Å². The van der Waals surface area contributed by atoms with Crippen molar-refractivity contribution >= 4 is 17.6 Å². The van der Waals surface area contributed by atoms with E-state index in [-0.39, 0.29) is 18.9 Å². The summed E-state index contributed by atoms with van der Waals surface area (Å²) in [6.45, 7) is 2.94. The van der Waals surface area contributed by atoms with Gasteiger partial charge in [-0.1, -0.05) is 18.2 Å². The number of carbonyl (C=O) groups is 2. The molecule has 5 heteroatoms. The summed E-state index contributed by atoms with van der Waals surface area (Å²) in [6, 6.07) is 9.40. The highest BCUT2D eigenvalue weighted by Crippen LogP contribution is 2.12. The number of likely N-dealkylation sites (N-methyl/N-ethyl adjacent to an activating group) is 1. The molecule has 1 rings (SSSR count). The lowest BCUT2D eigenvalue weighted by Gasteiger charge is -2.21. The third kappa shape index (κ3) is 4.55. The first kappa shape index (κ1) is 14.2. The zero-order valence-corrected chi connectivity index (χ0v) is 10.4. The van der Waals surface area contributed by atoms with Crippen LogP contribution < -0.4 is 10.2 Å². The Kier molecular flexibility index (Phi) is 5.87. The average Bonchev–Trinajstić information content (AvgIpc) is 2.36. The highest BCUT2D eigenvalue weighted by atomic mass is 16.4. The topological polar surface area (TPSA) is 69.6 Å². The molecule has 0 aliphatic carbocycles. The summed E-state index contributed by atoms with van der Waals surface area (Å²) in [5.74, 6) is -0.931. The molecule has 0 saturated carbocycles. The Morgan fingerprint density at radius 2 is 1.94 bits per heavy atom. The first-order valence-corrected chi connectivity index (χ1v) is 5.93. The second-order valence-corrected chi connectivity index (χ2v) is 3.79. The molecule has 0 heterocycles. The number of para-hydroxylation sites is 1. The van der Waals surface area contributed by atoms with E-state index in [0.29, 0.717) is 13.1 Å². The van der Waals surface area contributed by atoms with Gasteiger partial charge in [-0.05, 0) is 19.1 Å². The smallest absolute Gasteiger partial charge is 0.304 e. The molecule has 0 unspecified atom stereocenters. The van der Waals surface area contributed by atoms with Crippen LogP contribution in [0.3, 0.4) is 0 Å². The van der Waals surface area contributed by atoms with Crippen molar-refractivity contribution in [3.63, 3.8) is 0 Å². The van der Waals surface area contributed by atoms with Crippen LogP contribution >= 0.6 is 0 Å². The van der Waals surface area contributed by atoms with Crippen molar-refractivity contribution in [2.45, 2.75) is 13.3 Å². The van der Waals surface area contributed by atoms with Gasteiger partial charge in [0, 0.05) is 18.8 Å². The number of carbonyl (C=O) groups excluding carboxylic acids is 1. The highest BCUT2D eigenvalue weighted by Gasteiger charge is 2.12. The van der Waals surface area contributed by atoms with Crippen molar-refractivity contribution in [3.05, 3.63) is 30.3 Å². The van der Waals surface area contributed by atoms with Crippen LogP contribution in [0.15, 0.2) is 30.3 Å².